The molecule has 0 unspecified atom stereocenters. The Kier molecular flexibility index (Phi) is 4.65. The van der Waals surface area contributed by atoms with Crippen LogP contribution in [0.15, 0.2) is 24.3 Å². The van der Waals surface area contributed by atoms with Gasteiger partial charge < -0.3 is 9.64 Å². The van der Waals surface area contributed by atoms with Crippen molar-refractivity contribution < 1.29 is 9.53 Å². The number of hydrogen-bond acceptors (Lipinski definition) is 2. The molecule has 4 aliphatic rings. The minimum atomic E-state index is 0.322. The predicted octanol–water partition coefficient (Wildman–Crippen LogP) is 5.56. The normalized spacial score (nSPS) is 42.5. The zero-order valence-electron chi connectivity index (χ0n) is 17.1. The SMILES string of the molecule is CN1C(=O)CC[C@@H]2[C@H]3CC[C@]4(C)C[C@@H](Oc5ccc(Cl)cc5)C[C@H]4[C@@H]3CC[C@H]21. The van der Waals surface area contributed by atoms with Crippen molar-refractivity contribution in [3.8, 4) is 5.75 Å². The number of hydrogen-bond donors (Lipinski definition) is 0. The maximum Gasteiger partial charge on any atom is 0.222 e. The summed E-state index contributed by atoms with van der Waals surface area (Å²) in [6.45, 7) is 2.52. The molecule has 1 aromatic rings. The molecular formula is C24H32ClNO2. The first kappa shape index (κ1) is 18.8. The molecule has 28 heavy (non-hydrogen) atoms. The van der Waals surface area contributed by atoms with E-state index < -0.39 is 0 Å². The second kappa shape index (κ2) is 6.93. The van der Waals surface area contributed by atoms with Crippen molar-refractivity contribution >= 4 is 17.5 Å². The lowest BCUT2D eigenvalue weighted by molar-refractivity contribution is -0.143. The molecule has 7 atom stereocenters. The van der Waals surface area contributed by atoms with E-state index in [9.17, 15) is 4.79 Å². The summed E-state index contributed by atoms with van der Waals surface area (Å²) in [5.74, 6) is 4.43. The van der Waals surface area contributed by atoms with Crippen LogP contribution < -0.4 is 4.74 Å². The predicted molar refractivity (Wildman–Crippen MR) is 111 cm³/mol. The van der Waals surface area contributed by atoms with Gasteiger partial charge in [0, 0.05) is 24.5 Å². The van der Waals surface area contributed by atoms with Crippen molar-refractivity contribution in [2.75, 3.05) is 7.05 Å². The van der Waals surface area contributed by atoms with E-state index in [1.54, 1.807) is 0 Å². The van der Waals surface area contributed by atoms with Gasteiger partial charge in [0.05, 0.1) is 6.10 Å². The van der Waals surface area contributed by atoms with Crippen molar-refractivity contribution in [2.45, 2.75) is 70.4 Å². The highest BCUT2D eigenvalue weighted by molar-refractivity contribution is 6.30. The number of carbonyl (C=O) groups excluding carboxylic acids is 1. The number of halogens is 1. The summed E-state index contributed by atoms with van der Waals surface area (Å²) in [5, 5.41) is 0.759. The number of nitrogens with zero attached hydrogens (tertiary/aromatic N) is 1. The highest BCUT2D eigenvalue weighted by Crippen LogP contribution is 2.61. The molecule has 0 radical (unpaired) electrons. The van der Waals surface area contributed by atoms with Crippen molar-refractivity contribution in [1.82, 2.24) is 4.90 Å². The van der Waals surface area contributed by atoms with Gasteiger partial charge in [-0.25, -0.2) is 0 Å². The number of likely N-dealkylation sites (tertiary alicyclic amines) is 1. The molecule has 0 N–H and O–H groups in total. The first-order valence-corrected chi connectivity index (χ1v) is 11.5. The molecule has 3 nitrogen and oxygen atoms in total. The lowest BCUT2D eigenvalue weighted by Gasteiger charge is -2.56. The van der Waals surface area contributed by atoms with E-state index in [0.717, 1.165) is 47.3 Å². The average Bonchev–Trinajstić information content (AvgIpc) is 3.02. The topological polar surface area (TPSA) is 29.5 Å². The highest BCUT2D eigenvalue weighted by Gasteiger charge is 2.56. The minimum Gasteiger partial charge on any atom is -0.490 e. The number of ether oxygens (including phenoxy) is 1. The lowest BCUT2D eigenvalue weighted by Crippen LogP contribution is -2.55. The number of benzene rings is 1. The van der Waals surface area contributed by atoms with Crippen LogP contribution in [0.2, 0.25) is 5.02 Å². The van der Waals surface area contributed by atoms with Crippen LogP contribution >= 0.6 is 11.6 Å². The molecule has 152 valence electrons. The van der Waals surface area contributed by atoms with Crippen molar-refractivity contribution in [2.24, 2.45) is 29.1 Å². The zero-order valence-corrected chi connectivity index (χ0v) is 17.8. The molecule has 1 aromatic carbocycles. The van der Waals surface area contributed by atoms with Crippen LogP contribution in [-0.2, 0) is 4.79 Å². The Hall–Kier alpha value is -1.22. The maximum absolute atomic E-state index is 12.2. The summed E-state index contributed by atoms with van der Waals surface area (Å²) < 4.78 is 6.39. The second-order valence-electron chi connectivity index (χ2n) is 10.1. The van der Waals surface area contributed by atoms with E-state index in [1.165, 1.54) is 38.5 Å². The van der Waals surface area contributed by atoms with E-state index in [1.807, 2.05) is 31.3 Å². The molecular weight excluding hydrogens is 370 g/mol. The molecule has 4 fully saturated rings. The molecule has 1 aliphatic heterocycles. The quantitative estimate of drug-likeness (QED) is 0.649. The number of carbonyl (C=O) groups is 1. The van der Waals surface area contributed by atoms with Gasteiger partial charge in [0.1, 0.15) is 5.75 Å². The monoisotopic (exact) mass is 401 g/mol. The Morgan fingerprint density at radius 3 is 2.64 bits per heavy atom. The van der Waals surface area contributed by atoms with Crippen LogP contribution in [0.3, 0.4) is 0 Å². The van der Waals surface area contributed by atoms with Crippen LogP contribution in [0, 0.1) is 29.1 Å². The van der Waals surface area contributed by atoms with Crippen LogP contribution in [0.4, 0.5) is 0 Å². The highest BCUT2D eigenvalue weighted by atomic mass is 35.5. The molecule has 3 aliphatic carbocycles. The molecule has 0 spiro atoms. The molecule has 4 heteroatoms. The van der Waals surface area contributed by atoms with Crippen LogP contribution in [0.25, 0.3) is 0 Å². The molecule has 1 saturated heterocycles. The third-order valence-corrected chi connectivity index (χ3v) is 9.01. The van der Waals surface area contributed by atoms with Crippen LogP contribution in [-0.4, -0.2) is 30.0 Å². The van der Waals surface area contributed by atoms with E-state index in [0.29, 0.717) is 23.5 Å². The molecule has 0 bridgehead atoms. The Labute approximate surface area is 173 Å². The van der Waals surface area contributed by atoms with Gasteiger partial charge in [-0.05, 0) is 98.3 Å². The van der Waals surface area contributed by atoms with Gasteiger partial charge in [0.15, 0.2) is 0 Å². The van der Waals surface area contributed by atoms with Crippen LogP contribution in [0.5, 0.6) is 5.75 Å². The van der Waals surface area contributed by atoms with E-state index >= 15 is 0 Å². The van der Waals surface area contributed by atoms with Gasteiger partial charge in [0.2, 0.25) is 5.91 Å². The first-order chi connectivity index (χ1) is 13.4. The maximum atomic E-state index is 12.2. The number of rotatable bonds is 2. The summed E-state index contributed by atoms with van der Waals surface area (Å²) in [4.78, 5) is 14.3. The molecule has 0 aromatic heterocycles. The fourth-order valence-electron chi connectivity index (χ4n) is 7.45. The van der Waals surface area contributed by atoms with Gasteiger partial charge in [-0.1, -0.05) is 18.5 Å². The van der Waals surface area contributed by atoms with E-state index in [4.69, 9.17) is 16.3 Å². The van der Waals surface area contributed by atoms with Gasteiger partial charge in [-0.3, -0.25) is 4.79 Å². The second-order valence-corrected chi connectivity index (χ2v) is 10.5. The minimum absolute atomic E-state index is 0.322. The standard InChI is InChI=1S/C24H32ClNO2/c1-24-12-11-18-19(7-9-22-20(18)8-10-23(27)26(22)2)21(24)13-17(14-24)28-16-5-3-15(25)4-6-16/h3-6,17-22H,7-14H2,1-2H3/t17-,18-,19+,20+,21-,22+,24+/m0/s1. The Morgan fingerprint density at radius 2 is 1.86 bits per heavy atom. The Balaban J connectivity index is 1.32. The van der Waals surface area contributed by atoms with Gasteiger partial charge in [0.25, 0.3) is 0 Å². The summed E-state index contributed by atoms with van der Waals surface area (Å²) in [6.07, 6.45) is 9.70. The summed E-state index contributed by atoms with van der Waals surface area (Å²) in [6, 6.07) is 8.32. The number of amides is 1. The number of fused-ring (bicyclic) bond motifs is 5. The molecule has 1 heterocycles. The Bertz CT molecular complexity index is 749. The Morgan fingerprint density at radius 1 is 1.07 bits per heavy atom. The summed E-state index contributed by atoms with van der Waals surface area (Å²) in [5.41, 5.74) is 0.418. The fourth-order valence-corrected chi connectivity index (χ4v) is 7.58. The molecule has 1 amide bonds. The average molecular weight is 402 g/mol. The first-order valence-electron chi connectivity index (χ1n) is 11.1. The third-order valence-electron chi connectivity index (χ3n) is 8.76. The zero-order chi connectivity index (χ0) is 19.5. The summed E-state index contributed by atoms with van der Waals surface area (Å²) in [7, 11) is 2.04. The van der Waals surface area contributed by atoms with Crippen molar-refractivity contribution in [3.63, 3.8) is 0 Å². The third kappa shape index (κ3) is 3.05. The molecule has 3 saturated carbocycles. The molecule has 5 rings (SSSR count). The van der Waals surface area contributed by atoms with Gasteiger partial charge in [-0.2, -0.15) is 0 Å². The fraction of sp³-hybridized carbons (Fsp3) is 0.708. The lowest BCUT2D eigenvalue weighted by atomic mass is 9.52. The summed E-state index contributed by atoms with van der Waals surface area (Å²) >= 11 is 6.02. The number of piperidine rings is 1. The van der Waals surface area contributed by atoms with Gasteiger partial charge in [-0.15, -0.1) is 0 Å². The van der Waals surface area contributed by atoms with Crippen molar-refractivity contribution in [1.29, 1.82) is 0 Å². The van der Waals surface area contributed by atoms with E-state index in [-0.39, 0.29) is 0 Å². The van der Waals surface area contributed by atoms with E-state index in [2.05, 4.69) is 11.8 Å². The smallest absolute Gasteiger partial charge is 0.222 e. The largest absolute Gasteiger partial charge is 0.490 e. The van der Waals surface area contributed by atoms with Crippen LogP contribution in [0.1, 0.15) is 58.3 Å². The van der Waals surface area contributed by atoms with Gasteiger partial charge >= 0.3 is 0 Å². The van der Waals surface area contributed by atoms with Crippen molar-refractivity contribution in [3.05, 3.63) is 29.3 Å².